The first-order chi connectivity index (χ1) is 8.28. The van der Waals surface area contributed by atoms with Crippen molar-refractivity contribution in [3.63, 3.8) is 0 Å². The van der Waals surface area contributed by atoms with Gasteiger partial charge in [-0.3, -0.25) is 0 Å². The van der Waals surface area contributed by atoms with E-state index in [1.807, 2.05) is 12.4 Å². The van der Waals surface area contributed by atoms with E-state index in [2.05, 4.69) is 39.3 Å². The standard InChI is InChI=1S/C12H26N2O2SSi2/c1-13(2)17(15,16)14-9-11(18(3,4)5)12(10-14)19(6,7)8/h9-10H,1-8H3. The van der Waals surface area contributed by atoms with Crippen LogP contribution in [0.25, 0.3) is 0 Å². The summed E-state index contributed by atoms with van der Waals surface area (Å²) >= 11 is 0. The first-order valence-electron chi connectivity index (χ1n) is 6.44. The molecule has 0 aliphatic rings. The molecule has 0 aliphatic carbocycles. The van der Waals surface area contributed by atoms with E-state index in [1.165, 1.54) is 18.7 Å². The molecule has 1 aromatic rings. The molecule has 0 aromatic carbocycles. The van der Waals surface area contributed by atoms with Crippen LogP contribution in [0.5, 0.6) is 0 Å². The summed E-state index contributed by atoms with van der Waals surface area (Å²) in [5, 5.41) is 2.55. The number of aromatic nitrogens is 1. The average molecular weight is 319 g/mol. The van der Waals surface area contributed by atoms with Crippen LogP contribution in [0.2, 0.25) is 39.3 Å². The highest BCUT2D eigenvalue weighted by atomic mass is 32.2. The van der Waals surface area contributed by atoms with Crippen LogP contribution in [-0.2, 0) is 10.2 Å². The van der Waals surface area contributed by atoms with E-state index < -0.39 is 26.4 Å². The molecule has 4 nitrogen and oxygen atoms in total. The van der Waals surface area contributed by atoms with Crippen molar-refractivity contribution in [2.45, 2.75) is 39.3 Å². The van der Waals surface area contributed by atoms with Gasteiger partial charge in [0.25, 0.3) is 0 Å². The lowest BCUT2D eigenvalue weighted by Gasteiger charge is -2.23. The lowest BCUT2D eigenvalue weighted by Crippen LogP contribution is -2.54. The zero-order valence-corrected chi connectivity index (χ0v) is 16.1. The minimum absolute atomic E-state index is 1.26. The van der Waals surface area contributed by atoms with Gasteiger partial charge in [-0.15, -0.1) is 0 Å². The highest BCUT2D eigenvalue weighted by Gasteiger charge is 2.31. The predicted octanol–water partition coefficient (Wildman–Crippen LogP) is 1.23. The quantitative estimate of drug-likeness (QED) is 0.784. The Bertz CT molecular complexity index is 532. The van der Waals surface area contributed by atoms with Crippen LogP contribution in [0.4, 0.5) is 0 Å². The van der Waals surface area contributed by atoms with Crippen molar-refractivity contribution in [3.8, 4) is 0 Å². The van der Waals surface area contributed by atoms with Crippen molar-refractivity contribution in [1.29, 1.82) is 0 Å². The third-order valence-electron chi connectivity index (χ3n) is 3.15. The van der Waals surface area contributed by atoms with Gasteiger partial charge >= 0.3 is 10.2 Å². The maximum Gasteiger partial charge on any atom is 0.306 e. The Balaban J connectivity index is 3.56. The first kappa shape index (κ1) is 16.7. The summed E-state index contributed by atoms with van der Waals surface area (Å²) in [6, 6.07) is 0. The van der Waals surface area contributed by atoms with Gasteiger partial charge in [-0.05, 0) is 10.4 Å². The molecule has 0 saturated heterocycles. The van der Waals surface area contributed by atoms with Crippen molar-refractivity contribution in [3.05, 3.63) is 12.4 Å². The third-order valence-corrected chi connectivity index (χ3v) is 9.09. The largest absolute Gasteiger partial charge is 0.306 e. The van der Waals surface area contributed by atoms with Gasteiger partial charge in [0.05, 0.1) is 16.1 Å². The average Bonchev–Trinajstić information content (AvgIpc) is 2.60. The number of nitrogens with zero attached hydrogens (tertiary/aromatic N) is 2. The minimum Gasteiger partial charge on any atom is -0.241 e. The normalized spacial score (nSPS) is 14.2. The van der Waals surface area contributed by atoms with Crippen LogP contribution < -0.4 is 10.4 Å². The number of hydrogen-bond donors (Lipinski definition) is 0. The van der Waals surface area contributed by atoms with Gasteiger partial charge in [0.15, 0.2) is 0 Å². The van der Waals surface area contributed by atoms with E-state index >= 15 is 0 Å². The Morgan fingerprint density at radius 1 is 0.895 bits per heavy atom. The van der Waals surface area contributed by atoms with Crippen molar-refractivity contribution in [2.75, 3.05) is 14.1 Å². The maximum absolute atomic E-state index is 12.3. The molecule has 1 aromatic heterocycles. The van der Waals surface area contributed by atoms with Crippen LogP contribution in [0.3, 0.4) is 0 Å². The molecular weight excluding hydrogens is 292 g/mol. The van der Waals surface area contributed by atoms with Gasteiger partial charge in [-0.25, -0.2) is 3.97 Å². The summed E-state index contributed by atoms with van der Waals surface area (Å²) in [6.45, 7) is 13.6. The predicted molar refractivity (Wildman–Crippen MR) is 88.4 cm³/mol. The van der Waals surface area contributed by atoms with E-state index in [1.54, 1.807) is 14.1 Å². The topological polar surface area (TPSA) is 42.3 Å². The molecule has 0 saturated carbocycles. The fraction of sp³-hybridized carbons (Fsp3) is 0.667. The SMILES string of the molecule is CN(C)S(=O)(=O)n1cc([Si](C)(C)C)c([Si](C)(C)C)c1. The summed E-state index contributed by atoms with van der Waals surface area (Å²) < 4.78 is 27.2. The fourth-order valence-corrected chi connectivity index (χ4v) is 8.04. The van der Waals surface area contributed by atoms with Gasteiger partial charge in [0.1, 0.15) is 0 Å². The molecule has 0 fully saturated rings. The Hall–Kier alpha value is -0.376. The van der Waals surface area contributed by atoms with Crippen LogP contribution in [0, 0.1) is 0 Å². The molecule has 7 heteroatoms. The van der Waals surface area contributed by atoms with Crippen LogP contribution in [0.15, 0.2) is 12.4 Å². The highest BCUT2D eigenvalue weighted by Crippen LogP contribution is 2.10. The van der Waals surface area contributed by atoms with Crippen molar-refractivity contribution >= 4 is 36.7 Å². The molecule has 0 unspecified atom stereocenters. The molecule has 0 N–H and O–H groups in total. The van der Waals surface area contributed by atoms with E-state index in [4.69, 9.17) is 0 Å². The minimum atomic E-state index is -3.40. The fourth-order valence-electron chi connectivity index (χ4n) is 1.95. The number of rotatable bonds is 4. The molecule has 1 heterocycles. The zero-order chi connectivity index (χ0) is 15.2. The molecule has 19 heavy (non-hydrogen) atoms. The Kier molecular flexibility index (Phi) is 4.27. The zero-order valence-electron chi connectivity index (χ0n) is 13.3. The summed E-state index contributed by atoms with van der Waals surface area (Å²) in [7, 11) is -3.37. The molecule has 0 bridgehead atoms. The van der Waals surface area contributed by atoms with Crippen LogP contribution in [0.1, 0.15) is 0 Å². The molecule has 110 valence electrons. The van der Waals surface area contributed by atoms with Gasteiger partial charge in [0, 0.05) is 26.5 Å². The van der Waals surface area contributed by atoms with Gasteiger partial charge in [0.2, 0.25) is 0 Å². The molecular formula is C12H26N2O2SSi2. The van der Waals surface area contributed by atoms with E-state index in [-0.39, 0.29) is 0 Å². The summed E-state index contributed by atoms with van der Waals surface area (Å²) in [5.41, 5.74) is 0. The molecule has 1 rings (SSSR count). The van der Waals surface area contributed by atoms with Gasteiger partial charge in [-0.1, -0.05) is 39.3 Å². The van der Waals surface area contributed by atoms with Crippen molar-refractivity contribution in [1.82, 2.24) is 8.28 Å². The van der Waals surface area contributed by atoms with Crippen LogP contribution >= 0.6 is 0 Å². The molecule has 0 amide bonds. The van der Waals surface area contributed by atoms with E-state index in [0.717, 1.165) is 0 Å². The summed E-state index contributed by atoms with van der Waals surface area (Å²) in [5.74, 6) is 0. The maximum atomic E-state index is 12.3. The Labute approximate surface area is 119 Å². The van der Waals surface area contributed by atoms with Gasteiger partial charge in [-0.2, -0.15) is 12.7 Å². The van der Waals surface area contributed by atoms with Gasteiger partial charge < -0.3 is 0 Å². The molecule has 0 radical (unpaired) electrons. The Morgan fingerprint density at radius 3 is 1.42 bits per heavy atom. The second-order valence-corrected chi connectivity index (χ2v) is 19.3. The second-order valence-electron chi connectivity index (χ2n) is 7.21. The molecule has 0 atom stereocenters. The first-order valence-corrected chi connectivity index (χ1v) is 14.8. The van der Waals surface area contributed by atoms with E-state index in [0.29, 0.717) is 0 Å². The molecule has 0 spiro atoms. The lowest BCUT2D eigenvalue weighted by atomic mass is 10.6. The Morgan fingerprint density at radius 2 is 1.21 bits per heavy atom. The second kappa shape index (κ2) is 4.87. The third kappa shape index (κ3) is 3.39. The van der Waals surface area contributed by atoms with Crippen LogP contribution in [-0.4, -0.2) is 46.9 Å². The smallest absolute Gasteiger partial charge is 0.241 e. The van der Waals surface area contributed by atoms with Crippen molar-refractivity contribution < 1.29 is 8.42 Å². The monoisotopic (exact) mass is 318 g/mol. The summed E-state index contributed by atoms with van der Waals surface area (Å²) in [6.07, 6.45) is 3.68. The lowest BCUT2D eigenvalue weighted by molar-refractivity contribution is 0.511. The van der Waals surface area contributed by atoms with E-state index in [9.17, 15) is 8.42 Å². The highest BCUT2D eigenvalue weighted by molar-refractivity contribution is 7.87. The number of hydrogen-bond acceptors (Lipinski definition) is 2. The summed E-state index contributed by atoms with van der Waals surface area (Å²) in [4.78, 5) is 0. The van der Waals surface area contributed by atoms with Crippen molar-refractivity contribution in [2.24, 2.45) is 0 Å². The molecule has 0 aliphatic heterocycles.